The molecular weight excluding hydrogens is 1330 g/mol. The molecule has 0 aliphatic heterocycles. The topological polar surface area (TPSA) is 237 Å². The van der Waals surface area contributed by atoms with Crippen LogP contribution in [0.4, 0.5) is 0 Å². The minimum atomic E-state index is -4.96. The molecule has 0 bridgehead atoms. The summed E-state index contributed by atoms with van der Waals surface area (Å²) in [5.74, 6) is 0.167. The highest BCUT2D eigenvalue weighted by molar-refractivity contribution is 7.47. The number of aliphatic hydroxyl groups is 1. The van der Waals surface area contributed by atoms with Crippen molar-refractivity contribution >= 4 is 39.5 Å². The third-order valence-electron chi connectivity index (χ3n) is 19.4. The molecule has 0 fully saturated rings. The van der Waals surface area contributed by atoms with Crippen molar-refractivity contribution in [2.24, 2.45) is 17.8 Å². The molecule has 3 N–H and O–H groups in total. The maximum Gasteiger partial charge on any atom is 0.472 e. The average Bonchev–Trinajstić information content (AvgIpc) is 1.13. The summed E-state index contributed by atoms with van der Waals surface area (Å²) < 4.78 is 68.8. The van der Waals surface area contributed by atoms with Crippen LogP contribution in [0.15, 0.2) is 0 Å². The van der Waals surface area contributed by atoms with Gasteiger partial charge in [0.05, 0.1) is 26.4 Å². The van der Waals surface area contributed by atoms with Gasteiger partial charge in [-0.25, -0.2) is 9.13 Å². The van der Waals surface area contributed by atoms with Gasteiger partial charge in [-0.15, -0.1) is 0 Å². The molecule has 0 aromatic heterocycles. The molecule has 0 amide bonds. The number of aliphatic hydroxyl groups excluding tert-OH is 1. The lowest BCUT2D eigenvalue weighted by atomic mass is 10.0. The van der Waals surface area contributed by atoms with Crippen molar-refractivity contribution in [3.05, 3.63) is 0 Å². The highest BCUT2D eigenvalue weighted by atomic mass is 31.2. The molecule has 0 saturated carbocycles. The molecule has 606 valence electrons. The van der Waals surface area contributed by atoms with Crippen molar-refractivity contribution < 1.29 is 80.2 Å². The van der Waals surface area contributed by atoms with E-state index in [4.69, 9.17) is 37.0 Å². The molecule has 0 aromatic carbocycles. The van der Waals surface area contributed by atoms with E-state index in [1.807, 2.05) is 0 Å². The lowest BCUT2D eigenvalue weighted by Gasteiger charge is -2.21. The number of hydrogen-bond acceptors (Lipinski definition) is 15. The van der Waals surface area contributed by atoms with Crippen LogP contribution < -0.4 is 0 Å². The maximum atomic E-state index is 13.1. The van der Waals surface area contributed by atoms with E-state index in [2.05, 4.69) is 48.5 Å². The first-order valence-electron chi connectivity index (χ1n) is 42.8. The second-order valence-electron chi connectivity index (χ2n) is 31.3. The second-order valence-corrected chi connectivity index (χ2v) is 34.2. The molecular formula is C83H162O17P2. The van der Waals surface area contributed by atoms with Crippen LogP contribution in [0.3, 0.4) is 0 Å². The number of carbonyl (C=O) groups excluding carboxylic acids is 4. The first-order valence-corrected chi connectivity index (χ1v) is 45.8. The van der Waals surface area contributed by atoms with Gasteiger partial charge in [-0.2, -0.15) is 0 Å². The summed E-state index contributed by atoms with van der Waals surface area (Å²) in [5, 5.41) is 10.6. The van der Waals surface area contributed by atoms with E-state index in [1.54, 1.807) is 0 Å². The van der Waals surface area contributed by atoms with E-state index in [-0.39, 0.29) is 25.7 Å². The Morgan fingerprint density at radius 3 is 0.667 bits per heavy atom. The van der Waals surface area contributed by atoms with Gasteiger partial charge in [-0.1, -0.05) is 382 Å². The first-order chi connectivity index (χ1) is 49.2. The van der Waals surface area contributed by atoms with E-state index < -0.39 is 97.5 Å². The van der Waals surface area contributed by atoms with Crippen LogP contribution in [-0.2, 0) is 65.4 Å². The zero-order valence-electron chi connectivity index (χ0n) is 67.1. The zero-order chi connectivity index (χ0) is 75.1. The molecule has 5 atom stereocenters. The van der Waals surface area contributed by atoms with E-state index in [0.29, 0.717) is 31.6 Å². The molecule has 0 aliphatic carbocycles. The Morgan fingerprint density at radius 1 is 0.265 bits per heavy atom. The Kier molecular flexibility index (Phi) is 71.8. The molecule has 0 rings (SSSR count). The van der Waals surface area contributed by atoms with E-state index in [9.17, 15) is 43.2 Å². The monoisotopic (exact) mass is 1490 g/mol. The smallest absolute Gasteiger partial charge is 0.462 e. The van der Waals surface area contributed by atoms with Crippen LogP contribution in [0, 0.1) is 17.8 Å². The number of phosphoric ester groups is 2. The molecule has 19 heteroatoms. The lowest BCUT2D eigenvalue weighted by Crippen LogP contribution is -2.30. The third kappa shape index (κ3) is 76.3. The Labute approximate surface area is 626 Å². The van der Waals surface area contributed by atoms with Gasteiger partial charge in [-0.3, -0.25) is 37.3 Å². The Morgan fingerprint density at radius 2 is 0.451 bits per heavy atom. The first kappa shape index (κ1) is 100. The van der Waals surface area contributed by atoms with Crippen molar-refractivity contribution in [3.63, 3.8) is 0 Å². The van der Waals surface area contributed by atoms with Crippen molar-refractivity contribution in [3.8, 4) is 0 Å². The van der Waals surface area contributed by atoms with Crippen molar-refractivity contribution in [2.75, 3.05) is 39.6 Å². The molecule has 2 unspecified atom stereocenters. The number of esters is 4. The van der Waals surface area contributed by atoms with Crippen molar-refractivity contribution in [1.82, 2.24) is 0 Å². The van der Waals surface area contributed by atoms with E-state index >= 15 is 0 Å². The largest absolute Gasteiger partial charge is 0.472 e. The fourth-order valence-electron chi connectivity index (χ4n) is 12.8. The molecule has 0 heterocycles. The SMILES string of the molecule is CCCCCCCCCCCCCCCCCCCCC(=O)OC[C@H](COP(=O)(O)OC[C@@H](O)COP(=O)(O)OC[C@@H](COC(=O)CCCCCCCCCC(C)C)OC(=O)CCCCCCCCCCCCC(C)C)OC(=O)CCCCCCCCCCCCCCCCCCCCC(C)C. The summed E-state index contributed by atoms with van der Waals surface area (Å²) in [7, 11) is -9.92. The highest BCUT2D eigenvalue weighted by Crippen LogP contribution is 2.45. The lowest BCUT2D eigenvalue weighted by molar-refractivity contribution is -0.161. The zero-order valence-corrected chi connectivity index (χ0v) is 68.9. The minimum Gasteiger partial charge on any atom is -0.462 e. The van der Waals surface area contributed by atoms with Crippen LogP contribution in [0.2, 0.25) is 0 Å². The van der Waals surface area contributed by atoms with Gasteiger partial charge in [0, 0.05) is 25.7 Å². The number of phosphoric acid groups is 2. The molecule has 0 radical (unpaired) electrons. The number of hydrogen-bond donors (Lipinski definition) is 3. The summed E-state index contributed by atoms with van der Waals surface area (Å²) >= 11 is 0. The van der Waals surface area contributed by atoms with Crippen molar-refractivity contribution in [2.45, 2.75) is 452 Å². The predicted molar refractivity (Wildman–Crippen MR) is 418 cm³/mol. The standard InChI is InChI=1S/C83H162O17P2/c1-8-9-10-11-12-13-14-15-16-17-21-24-27-30-36-43-50-57-64-80(85)93-70-78(99-82(87)66-59-52-44-37-31-28-25-22-19-18-20-23-26-29-34-40-47-54-61-74(2)3)72-97-101(89,90)95-68-77(84)69-96-102(91,92)98-73-79(71-94-81(86)65-58-51-46-39-42-49-56-63-76(6)7)100-83(88)67-60-53-45-38-33-32-35-41-48-55-62-75(4)5/h74-79,84H,8-73H2,1-7H3,(H,89,90)(H,91,92)/t77-,78-,79-/m1/s1. The van der Waals surface area contributed by atoms with E-state index in [0.717, 1.165) is 108 Å². The summed E-state index contributed by atoms with van der Waals surface area (Å²) in [6.45, 7) is 11.9. The van der Waals surface area contributed by atoms with Crippen LogP contribution in [0.25, 0.3) is 0 Å². The highest BCUT2D eigenvalue weighted by Gasteiger charge is 2.30. The van der Waals surface area contributed by atoms with Gasteiger partial charge in [-0.05, 0) is 43.4 Å². The van der Waals surface area contributed by atoms with E-state index in [1.165, 1.54) is 238 Å². The van der Waals surface area contributed by atoms with Gasteiger partial charge in [0.25, 0.3) is 0 Å². The average molecular weight is 1490 g/mol. The number of unbranched alkanes of at least 4 members (excludes halogenated alkanes) is 49. The van der Waals surface area contributed by atoms with Crippen LogP contribution in [0.5, 0.6) is 0 Å². The molecule has 0 aliphatic rings. The number of carbonyl (C=O) groups is 4. The minimum absolute atomic E-state index is 0.105. The van der Waals surface area contributed by atoms with Crippen LogP contribution in [0.1, 0.15) is 434 Å². The van der Waals surface area contributed by atoms with Crippen molar-refractivity contribution in [1.29, 1.82) is 0 Å². The number of rotatable bonds is 81. The number of ether oxygens (including phenoxy) is 4. The Balaban J connectivity index is 5.22. The van der Waals surface area contributed by atoms with Gasteiger partial charge in [0.2, 0.25) is 0 Å². The summed E-state index contributed by atoms with van der Waals surface area (Å²) in [6, 6.07) is 0. The van der Waals surface area contributed by atoms with Crippen LogP contribution >= 0.6 is 15.6 Å². The summed E-state index contributed by atoms with van der Waals surface area (Å²) in [4.78, 5) is 73.1. The predicted octanol–water partition coefficient (Wildman–Crippen LogP) is 24.9. The summed E-state index contributed by atoms with van der Waals surface area (Å²) in [5.41, 5.74) is 0. The van der Waals surface area contributed by atoms with Gasteiger partial charge >= 0.3 is 39.5 Å². The third-order valence-corrected chi connectivity index (χ3v) is 21.3. The molecule has 0 aromatic rings. The van der Waals surface area contributed by atoms with Gasteiger partial charge in [0.1, 0.15) is 19.3 Å². The normalized spacial score (nSPS) is 13.9. The quantitative estimate of drug-likeness (QED) is 0.0222. The van der Waals surface area contributed by atoms with Crippen LogP contribution in [-0.4, -0.2) is 96.7 Å². The Hall–Kier alpha value is -1.94. The molecule has 0 spiro atoms. The molecule has 17 nitrogen and oxygen atoms in total. The van der Waals surface area contributed by atoms with Gasteiger partial charge in [0.15, 0.2) is 12.2 Å². The fourth-order valence-corrected chi connectivity index (χ4v) is 14.4. The maximum absolute atomic E-state index is 13.1. The Bertz CT molecular complexity index is 1970. The van der Waals surface area contributed by atoms with Gasteiger partial charge < -0.3 is 33.8 Å². The summed E-state index contributed by atoms with van der Waals surface area (Å²) in [6.07, 6.45) is 62.7. The molecule has 0 saturated heterocycles. The second kappa shape index (κ2) is 73.2. The fraction of sp³-hybridized carbons (Fsp3) is 0.952. The molecule has 102 heavy (non-hydrogen) atoms.